The third-order valence-electron chi connectivity index (χ3n) is 3.03. The van der Waals surface area contributed by atoms with Gasteiger partial charge in [0.25, 0.3) is 0 Å². The van der Waals surface area contributed by atoms with Crippen molar-refractivity contribution < 1.29 is 4.79 Å². The molecule has 0 N–H and O–H groups in total. The van der Waals surface area contributed by atoms with E-state index in [1.54, 1.807) is 0 Å². The summed E-state index contributed by atoms with van der Waals surface area (Å²) in [7, 11) is 0. The zero-order chi connectivity index (χ0) is 8.84. The van der Waals surface area contributed by atoms with Crippen LogP contribution in [0.2, 0.25) is 0 Å². The maximum absolute atomic E-state index is 11.6. The zero-order valence-electron chi connectivity index (χ0n) is 7.23. The molecule has 0 amide bonds. The molecule has 0 aliphatic heterocycles. The summed E-state index contributed by atoms with van der Waals surface area (Å²) in [6.07, 6.45) is 4.94. The molecular formula is C12H10O. The number of hydrogen-bond donors (Lipinski definition) is 0. The Labute approximate surface area is 77.1 Å². The summed E-state index contributed by atoms with van der Waals surface area (Å²) in [5.41, 5.74) is 2.58. The molecule has 4 rings (SSSR count). The summed E-state index contributed by atoms with van der Waals surface area (Å²) < 4.78 is 0. The highest BCUT2D eigenvalue weighted by Gasteiger charge is 2.34. The highest BCUT2D eigenvalue weighted by Crippen LogP contribution is 2.42. The molecule has 64 valence electrons. The summed E-state index contributed by atoms with van der Waals surface area (Å²) in [6.45, 7) is 0. The van der Waals surface area contributed by atoms with Crippen molar-refractivity contribution in [2.75, 3.05) is 0 Å². The van der Waals surface area contributed by atoms with Crippen LogP contribution in [0, 0.1) is 0 Å². The molecule has 13 heavy (non-hydrogen) atoms. The van der Waals surface area contributed by atoms with Crippen molar-refractivity contribution in [1.29, 1.82) is 0 Å². The number of fused-ring (bicyclic) bond motifs is 1. The van der Waals surface area contributed by atoms with Gasteiger partial charge in [0.05, 0.1) is 5.92 Å². The molecule has 2 bridgehead atoms. The predicted molar refractivity (Wildman–Crippen MR) is 50.7 cm³/mol. The van der Waals surface area contributed by atoms with Crippen LogP contribution in [-0.4, -0.2) is 5.78 Å². The molecule has 2 atom stereocenters. The van der Waals surface area contributed by atoms with E-state index in [0.29, 0.717) is 18.1 Å². The van der Waals surface area contributed by atoms with E-state index < -0.39 is 0 Å². The second-order valence-electron chi connectivity index (χ2n) is 3.77. The summed E-state index contributed by atoms with van der Waals surface area (Å²) in [5, 5.41) is 0. The van der Waals surface area contributed by atoms with Gasteiger partial charge in [-0.2, -0.15) is 0 Å². The molecule has 0 spiro atoms. The number of carbonyl (C=O) groups is 1. The minimum Gasteiger partial charge on any atom is -0.299 e. The molecule has 1 aromatic rings. The van der Waals surface area contributed by atoms with Crippen LogP contribution in [-0.2, 0) is 4.79 Å². The van der Waals surface area contributed by atoms with Crippen LogP contribution >= 0.6 is 0 Å². The minimum absolute atomic E-state index is 0.0567. The van der Waals surface area contributed by atoms with E-state index in [1.807, 2.05) is 6.07 Å². The van der Waals surface area contributed by atoms with Crippen LogP contribution in [0.3, 0.4) is 0 Å². The van der Waals surface area contributed by atoms with Crippen molar-refractivity contribution in [3.05, 3.63) is 47.5 Å². The third kappa shape index (κ3) is 0.844. The smallest absolute Gasteiger partial charge is 0.145 e. The van der Waals surface area contributed by atoms with Crippen molar-refractivity contribution in [2.24, 2.45) is 0 Å². The number of hydrogen-bond acceptors (Lipinski definition) is 1. The van der Waals surface area contributed by atoms with Gasteiger partial charge in [-0.3, -0.25) is 4.79 Å². The molecule has 0 unspecified atom stereocenters. The van der Waals surface area contributed by atoms with Gasteiger partial charge in [-0.05, 0) is 11.1 Å². The molecule has 3 aliphatic carbocycles. The lowest BCUT2D eigenvalue weighted by Gasteiger charge is -2.31. The molecule has 0 fully saturated rings. The fourth-order valence-corrected chi connectivity index (χ4v) is 2.39. The molecule has 0 saturated heterocycles. The molecule has 1 nitrogen and oxygen atoms in total. The number of rotatable bonds is 0. The first-order valence-corrected chi connectivity index (χ1v) is 4.66. The highest BCUT2D eigenvalue weighted by molar-refractivity contribution is 5.92. The van der Waals surface area contributed by atoms with Crippen molar-refractivity contribution in [3.63, 3.8) is 0 Å². The van der Waals surface area contributed by atoms with Crippen LogP contribution in [0.4, 0.5) is 0 Å². The van der Waals surface area contributed by atoms with E-state index in [1.165, 1.54) is 11.1 Å². The maximum Gasteiger partial charge on any atom is 0.145 e. The molecule has 0 saturated carbocycles. The largest absolute Gasteiger partial charge is 0.299 e. The topological polar surface area (TPSA) is 17.1 Å². The van der Waals surface area contributed by atoms with Gasteiger partial charge in [-0.25, -0.2) is 0 Å². The summed E-state index contributed by atoms with van der Waals surface area (Å²) in [6, 6.07) is 8.29. The second-order valence-corrected chi connectivity index (χ2v) is 3.77. The Hall–Kier alpha value is -1.37. The standard InChI is InChI=1S/C12H10O/c13-12-7-8-5-6-11(12)10-4-2-1-3-9(8)10/h1-6,8,11H,7H2/t8-,11-/m1/s1. The number of ketones is 1. The molecule has 3 aliphatic rings. The van der Waals surface area contributed by atoms with Gasteiger partial charge in [0.2, 0.25) is 0 Å². The van der Waals surface area contributed by atoms with Gasteiger partial charge in [0.1, 0.15) is 5.78 Å². The quantitative estimate of drug-likeness (QED) is 0.546. The first-order chi connectivity index (χ1) is 6.36. The zero-order valence-corrected chi connectivity index (χ0v) is 7.23. The monoisotopic (exact) mass is 170 g/mol. The molecular weight excluding hydrogens is 160 g/mol. The Morgan fingerprint density at radius 2 is 1.85 bits per heavy atom. The third-order valence-corrected chi connectivity index (χ3v) is 3.03. The second kappa shape index (κ2) is 2.32. The van der Waals surface area contributed by atoms with Crippen LogP contribution in [0.25, 0.3) is 0 Å². The summed E-state index contributed by atoms with van der Waals surface area (Å²) in [5.74, 6) is 0.793. The lowest BCUT2D eigenvalue weighted by molar-refractivity contribution is -0.120. The lowest BCUT2D eigenvalue weighted by Crippen LogP contribution is -2.25. The normalized spacial score (nSPS) is 29.1. The van der Waals surface area contributed by atoms with Crippen molar-refractivity contribution in [2.45, 2.75) is 18.3 Å². The van der Waals surface area contributed by atoms with Crippen LogP contribution < -0.4 is 0 Å². The Balaban J connectivity index is 2.27. The van der Waals surface area contributed by atoms with Crippen LogP contribution in [0.15, 0.2) is 36.4 Å². The van der Waals surface area contributed by atoms with E-state index in [0.717, 1.165) is 0 Å². The van der Waals surface area contributed by atoms with E-state index in [-0.39, 0.29) is 5.92 Å². The van der Waals surface area contributed by atoms with E-state index in [9.17, 15) is 4.79 Å². The lowest BCUT2D eigenvalue weighted by atomic mass is 9.71. The number of carbonyl (C=O) groups excluding carboxylic acids is 1. The first-order valence-electron chi connectivity index (χ1n) is 4.66. The molecule has 0 radical (unpaired) electrons. The predicted octanol–water partition coefficient (Wildman–Crippen LogP) is 2.40. The average Bonchev–Trinajstić information content (AvgIpc) is 2.19. The molecule has 0 aromatic heterocycles. The van der Waals surface area contributed by atoms with Gasteiger partial charge < -0.3 is 0 Å². The SMILES string of the molecule is O=C1C[C@H]2C=C[C@@H]1c1ccccc12. The number of Topliss-reactive ketones (excluding diaryl/α,β-unsaturated/α-hetero) is 1. The minimum atomic E-state index is 0.0567. The number of benzene rings is 1. The van der Waals surface area contributed by atoms with Crippen LogP contribution in [0.5, 0.6) is 0 Å². The van der Waals surface area contributed by atoms with E-state index in [4.69, 9.17) is 0 Å². The molecule has 0 heterocycles. The Morgan fingerprint density at radius 3 is 2.62 bits per heavy atom. The van der Waals surface area contributed by atoms with Crippen molar-refractivity contribution in [1.82, 2.24) is 0 Å². The van der Waals surface area contributed by atoms with Crippen LogP contribution in [0.1, 0.15) is 29.4 Å². The Morgan fingerprint density at radius 1 is 1.08 bits per heavy atom. The number of allylic oxidation sites excluding steroid dienone is 2. The average molecular weight is 170 g/mol. The van der Waals surface area contributed by atoms with Crippen molar-refractivity contribution in [3.8, 4) is 0 Å². The fourth-order valence-electron chi connectivity index (χ4n) is 2.39. The van der Waals surface area contributed by atoms with Gasteiger partial charge in [0.15, 0.2) is 0 Å². The van der Waals surface area contributed by atoms with E-state index in [2.05, 4.69) is 30.4 Å². The van der Waals surface area contributed by atoms with Gasteiger partial charge in [0, 0.05) is 12.3 Å². The maximum atomic E-state index is 11.6. The Kier molecular flexibility index (Phi) is 1.26. The fraction of sp³-hybridized carbons (Fsp3) is 0.250. The van der Waals surface area contributed by atoms with Gasteiger partial charge in [-0.15, -0.1) is 0 Å². The highest BCUT2D eigenvalue weighted by atomic mass is 16.1. The Bertz CT molecular complexity index is 403. The van der Waals surface area contributed by atoms with E-state index >= 15 is 0 Å². The molecule has 1 aromatic carbocycles. The summed E-state index contributed by atoms with van der Waals surface area (Å²) >= 11 is 0. The van der Waals surface area contributed by atoms with Gasteiger partial charge >= 0.3 is 0 Å². The first kappa shape index (κ1) is 7.07. The summed E-state index contributed by atoms with van der Waals surface area (Å²) in [4.78, 5) is 11.6. The van der Waals surface area contributed by atoms with Crippen molar-refractivity contribution >= 4 is 5.78 Å². The molecule has 1 heteroatoms. The van der Waals surface area contributed by atoms with Gasteiger partial charge in [-0.1, -0.05) is 36.4 Å².